The van der Waals surface area contributed by atoms with Crippen LogP contribution in [-0.2, 0) is 14.6 Å². The van der Waals surface area contributed by atoms with Gasteiger partial charge in [-0.3, -0.25) is 4.55 Å². The number of rotatable bonds is 9. The van der Waals surface area contributed by atoms with Gasteiger partial charge in [-0.15, -0.1) is 0 Å². The largest absolute Gasteiger partial charge is 0.397 e. The van der Waals surface area contributed by atoms with E-state index in [9.17, 15) is 8.42 Å². The van der Waals surface area contributed by atoms with Crippen molar-refractivity contribution in [3.63, 3.8) is 0 Å². The summed E-state index contributed by atoms with van der Waals surface area (Å²) in [6, 6.07) is 0. The van der Waals surface area contributed by atoms with E-state index < -0.39 is 10.4 Å². The van der Waals surface area contributed by atoms with E-state index in [0.29, 0.717) is 18.3 Å². The van der Waals surface area contributed by atoms with E-state index in [1.165, 1.54) is 12.8 Å². The molecular formula is C11H24O4S. The van der Waals surface area contributed by atoms with Gasteiger partial charge in [0, 0.05) is 0 Å². The second kappa shape index (κ2) is 8.03. The Morgan fingerprint density at radius 1 is 1.19 bits per heavy atom. The van der Waals surface area contributed by atoms with Gasteiger partial charge in [0.15, 0.2) is 0 Å². The van der Waals surface area contributed by atoms with Gasteiger partial charge in [0.1, 0.15) is 0 Å². The maximum atomic E-state index is 10.3. The molecule has 0 radical (unpaired) electrons. The third-order valence-corrected chi connectivity index (χ3v) is 3.19. The fourth-order valence-electron chi connectivity index (χ4n) is 1.69. The van der Waals surface area contributed by atoms with Crippen molar-refractivity contribution in [1.82, 2.24) is 0 Å². The lowest BCUT2D eigenvalue weighted by Gasteiger charge is -2.14. The molecule has 0 aromatic rings. The predicted octanol–water partition coefficient (Wildman–Crippen LogP) is 3.05. The Kier molecular flexibility index (Phi) is 7.97. The van der Waals surface area contributed by atoms with Crippen LogP contribution in [0.2, 0.25) is 0 Å². The first-order chi connectivity index (χ1) is 7.35. The van der Waals surface area contributed by atoms with E-state index in [1.54, 1.807) is 0 Å². The van der Waals surface area contributed by atoms with Gasteiger partial charge in [0.05, 0.1) is 6.61 Å². The van der Waals surface area contributed by atoms with E-state index >= 15 is 0 Å². The van der Waals surface area contributed by atoms with Gasteiger partial charge < -0.3 is 0 Å². The highest BCUT2D eigenvalue weighted by atomic mass is 32.3. The topological polar surface area (TPSA) is 63.6 Å². The van der Waals surface area contributed by atoms with Crippen LogP contribution in [0.15, 0.2) is 0 Å². The van der Waals surface area contributed by atoms with Crippen molar-refractivity contribution in [1.29, 1.82) is 0 Å². The third kappa shape index (κ3) is 10.4. The molecule has 0 aliphatic rings. The molecule has 98 valence electrons. The molecule has 0 saturated carbocycles. The highest BCUT2D eigenvalue weighted by molar-refractivity contribution is 7.80. The normalized spacial score (nSPS) is 14.3. The molecule has 4 nitrogen and oxygen atoms in total. The molecule has 0 heterocycles. The zero-order valence-electron chi connectivity index (χ0n) is 10.5. The first-order valence-corrected chi connectivity index (χ1v) is 7.33. The molecule has 1 N–H and O–H groups in total. The monoisotopic (exact) mass is 252 g/mol. The maximum absolute atomic E-state index is 10.3. The Balaban J connectivity index is 3.67. The second-order valence-electron chi connectivity index (χ2n) is 4.64. The van der Waals surface area contributed by atoms with Crippen LogP contribution in [0.1, 0.15) is 52.9 Å². The molecule has 0 aromatic heterocycles. The molecule has 0 aliphatic carbocycles. The first-order valence-electron chi connectivity index (χ1n) is 5.97. The summed E-state index contributed by atoms with van der Waals surface area (Å²) in [5.41, 5.74) is 0. The summed E-state index contributed by atoms with van der Waals surface area (Å²) in [7, 11) is -4.26. The van der Waals surface area contributed by atoms with E-state index in [-0.39, 0.29) is 6.61 Å². The summed E-state index contributed by atoms with van der Waals surface area (Å²) < 4.78 is 33.4. The Labute approximate surface area is 99.3 Å². The minimum absolute atomic E-state index is 0.0824. The molecule has 0 bridgehead atoms. The molecule has 1 atom stereocenters. The van der Waals surface area contributed by atoms with Gasteiger partial charge in [-0.1, -0.05) is 46.5 Å². The van der Waals surface area contributed by atoms with Crippen LogP contribution in [0.4, 0.5) is 0 Å². The summed E-state index contributed by atoms with van der Waals surface area (Å²) in [6.45, 7) is 6.57. The SMILES string of the molecule is CCC(CCCC(C)C)CCOS(=O)(=O)O. The molecule has 0 fully saturated rings. The fraction of sp³-hybridized carbons (Fsp3) is 1.00. The van der Waals surface area contributed by atoms with Crippen LogP contribution < -0.4 is 0 Å². The van der Waals surface area contributed by atoms with Gasteiger partial charge >= 0.3 is 10.4 Å². The van der Waals surface area contributed by atoms with Crippen molar-refractivity contribution < 1.29 is 17.2 Å². The fourth-order valence-corrected chi connectivity index (χ4v) is 1.99. The highest BCUT2D eigenvalue weighted by Crippen LogP contribution is 2.18. The molecule has 1 unspecified atom stereocenters. The van der Waals surface area contributed by atoms with Crippen LogP contribution in [0.25, 0.3) is 0 Å². The van der Waals surface area contributed by atoms with Crippen molar-refractivity contribution in [3.05, 3.63) is 0 Å². The standard InChI is InChI=1S/C11H24O4S/c1-4-11(7-5-6-10(2)3)8-9-15-16(12,13)14/h10-11H,4-9H2,1-3H3,(H,12,13,14). The molecule has 0 aliphatic heterocycles. The third-order valence-electron chi connectivity index (χ3n) is 2.73. The Bertz CT molecular complexity index is 259. The zero-order chi connectivity index (χ0) is 12.6. The van der Waals surface area contributed by atoms with Gasteiger partial charge in [-0.05, 0) is 18.3 Å². The van der Waals surface area contributed by atoms with Crippen LogP contribution in [0.3, 0.4) is 0 Å². The smallest absolute Gasteiger partial charge is 0.264 e. The summed E-state index contributed by atoms with van der Waals surface area (Å²) in [5, 5.41) is 0. The molecular weight excluding hydrogens is 228 g/mol. The Morgan fingerprint density at radius 2 is 1.81 bits per heavy atom. The molecule has 0 rings (SSSR count). The van der Waals surface area contributed by atoms with Crippen LogP contribution in [0.5, 0.6) is 0 Å². The Morgan fingerprint density at radius 3 is 2.25 bits per heavy atom. The van der Waals surface area contributed by atoms with Crippen molar-refractivity contribution in [3.8, 4) is 0 Å². The summed E-state index contributed by atoms with van der Waals surface area (Å²) >= 11 is 0. The van der Waals surface area contributed by atoms with E-state index in [1.807, 2.05) is 0 Å². The van der Waals surface area contributed by atoms with Crippen molar-refractivity contribution in [2.24, 2.45) is 11.8 Å². The zero-order valence-corrected chi connectivity index (χ0v) is 11.3. The maximum Gasteiger partial charge on any atom is 0.397 e. The van der Waals surface area contributed by atoms with E-state index in [4.69, 9.17) is 4.55 Å². The van der Waals surface area contributed by atoms with Crippen LogP contribution >= 0.6 is 0 Å². The minimum atomic E-state index is -4.26. The lowest BCUT2D eigenvalue weighted by molar-refractivity contribution is 0.237. The highest BCUT2D eigenvalue weighted by Gasteiger charge is 2.10. The lowest BCUT2D eigenvalue weighted by Crippen LogP contribution is -2.09. The average Bonchev–Trinajstić information content (AvgIpc) is 2.13. The molecule has 0 aromatic carbocycles. The lowest BCUT2D eigenvalue weighted by atomic mass is 9.94. The quantitative estimate of drug-likeness (QED) is 0.641. The van der Waals surface area contributed by atoms with Crippen LogP contribution in [-0.4, -0.2) is 19.6 Å². The van der Waals surface area contributed by atoms with Gasteiger partial charge in [-0.2, -0.15) is 8.42 Å². The van der Waals surface area contributed by atoms with Gasteiger partial charge in [0.25, 0.3) is 0 Å². The molecule has 0 saturated heterocycles. The minimum Gasteiger partial charge on any atom is -0.264 e. The van der Waals surface area contributed by atoms with Gasteiger partial charge in [-0.25, -0.2) is 4.18 Å². The van der Waals surface area contributed by atoms with E-state index in [0.717, 1.165) is 12.8 Å². The van der Waals surface area contributed by atoms with Gasteiger partial charge in [0.2, 0.25) is 0 Å². The predicted molar refractivity (Wildman–Crippen MR) is 64.6 cm³/mol. The summed E-state index contributed by atoms with van der Waals surface area (Å²) in [6.07, 6.45) is 5.18. The molecule has 0 amide bonds. The van der Waals surface area contributed by atoms with E-state index in [2.05, 4.69) is 25.0 Å². The molecule has 5 heteroatoms. The van der Waals surface area contributed by atoms with Crippen LogP contribution in [0, 0.1) is 11.8 Å². The van der Waals surface area contributed by atoms with Crippen molar-refractivity contribution in [2.75, 3.05) is 6.61 Å². The molecule has 0 spiro atoms. The first kappa shape index (κ1) is 15.9. The molecule has 16 heavy (non-hydrogen) atoms. The summed E-state index contributed by atoms with van der Waals surface area (Å²) in [4.78, 5) is 0. The number of hydrogen-bond donors (Lipinski definition) is 1. The van der Waals surface area contributed by atoms with Crippen molar-refractivity contribution >= 4 is 10.4 Å². The average molecular weight is 252 g/mol. The second-order valence-corrected chi connectivity index (χ2v) is 5.73. The Hall–Kier alpha value is -0.130. The number of hydrogen-bond acceptors (Lipinski definition) is 3. The summed E-state index contributed by atoms with van der Waals surface area (Å²) in [5.74, 6) is 1.20. The van der Waals surface area contributed by atoms with Crippen molar-refractivity contribution in [2.45, 2.75) is 52.9 Å².